The zero-order chi connectivity index (χ0) is 18.2. The Morgan fingerprint density at radius 1 is 1.20 bits per heavy atom. The summed E-state index contributed by atoms with van der Waals surface area (Å²) >= 11 is 0. The molecular formula is C18H24N2O5. The van der Waals surface area contributed by atoms with E-state index in [1.807, 2.05) is 12.1 Å². The quantitative estimate of drug-likeness (QED) is 0.694. The van der Waals surface area contributed by atoms with Gasteiger partial charge in [0.15, 0.2) is 0 Å². The molecule has 25 heavy (non-hydrogen) atoms. The lowest BCUT2D eigenvalue weighted by Gasteiger charge is -2.17. The van der Waals surface area contributed by atoms with Crippen LogP contribution in [0, 0.1) is 0 Å². The van der Waals surface area contributed by atoms with Gasteiger partial charge in [0.2, 0.25) is 0 Å². The Kier molecular flexibility index (Phi) is 6.80. The van der Waals surface area contributed by atoms with Crippen LogP contribution < -0.4 is 10.6 Å². The lowest BCUT2D eigenvalue weighted by atomic mass is 10.1. The molecule has 0 aromatic heterocycles. The number of rotatable bonds is 8. The number of benzene rings is 1. The van der Waals surface area contributed by atoms with Gasteiger partial charge in [0.05, 0.1) is 13.2 Å². The van der Waals surface area contributed by atoms with Gasteiger partial charge in [-0.15, -0.1) is 0 Å². The maximum atomic E-state index is 12.5. The van der Waals surface area contributed by atoms with E-state index < -0.39 is 18.0 Å². The smallest absolute Gasteiger partial charge is 0.328 e. The number of fused-ring (bicyclic) bond motifs is 1. The number of ether oxygens (including phenoxy) is 2. The van der Waals surface area contributed by atoms with Crippen LogP contribution in [0.1, 0.15) is 42.6 Å². The third kappa shape index (κ3) is 5.20. The Morgan fingerprint density at radius 2 is 1.96 bits per heavy atom. The molecule has 2 rings (SSSR count). The molecule has 136 valence electrons. The number of amides is 1. The van der Waals surface area contributed by atoms with Gasteiger partial charge in [-0.1, -0.05) is 0 Å². The van der Waals surface area contributed by atoms with E-state index >= 15 is 0 Å². The van der Waals surface area contributed by atoms with Gasteiger partial charge in [0, 0.05) is 24.2 Å². The summed E-state index contributed by atoms with van der Waals surface area (Å²) in [5, 5.41) is 5.89. The van der Waals surface area contributed by atoms with Crippen molar-refractivity contribution in [3.8, 4) is 0 Å². The second-order valence-electron chi connectivity index (χ2n) is 5.67. The molecule has 1 amide bonds. The Morgan fingerprint density at radius 3 is 2.68 bits per heavy atom. The zero-order valence-corrected chi connectivity index (χ0v) is 14.6. The van der Waals surface area contributed by atoms with Crippen LogP contribution >= 0.6 is 0 Å². The summed E-state index contributed by atoms with van der Waals surface area (Å²) in [7, 11) is 0. The number of carbonyl (C=O) groups is 3. The summed E-state index contributed by atoms with van der Waals surface area (Å²) in [6.07, 6.45) is 1.03. The lowest BCUT2D eigenvalue weighted by Crippen LogP contribution is -2.42. The number of carbonyl (C=O) groups excluding carboxylic acids is 3. The van der Waals surface area contributed by atoms with E-state index in [2.05, 4.69) is 10.6 Å². The summed E-state index contributed by atoms with van der Waals surface area (Å²) in [5.41, 5.74) is 2.58. The number of anilines is 1. The Balaban J connectivity index is 2.02. The number of hydrogen-bond donors (Lipinski definition) is 2. The van der Waals surface area contributed by atoms with Gasteiger partial charge in [0.25, 0.3) is 5.91 Å². The molecule has 1 aromatic rings. The molecule has 0 radical (unpaired) electrons. The molecule has 1 atom stereocenters. The Labute approximate surface area is 147 Å². The molecule has 0 spiro atoms. The van der Waals surface area contributed by atoms with Gasteiger partial charge in [-0.3, -0.25) is 9.59 Å². The van der Waals surface area contributed by atoms with Crippen molar-refractivity contribution in [2.75, 3.05) is 25.1 Å². The third-order valence-electron chi connectivity index (χ3n) is 3.90. The van der Waals surface area contributed by atoms with Gasteiger partial charge in [0.1, 0.15) is 6.04 Å². The first-order chi connectivity index (χ1) is 12.0. The fourth-order valence-corrected chi connectivity index (χ4v) is 2.67. The molecule has 1 aromatic carbocycles. The maximum Gasteiger partial charge on any atom is 0.328 e. The van der Waals surface area contributed by atoms with Gasteiger partial charge in [-0.05, 0) is 50.5 Å². The van der Waals surface area contributed by atoms with E-state index in [0.717, 1.165) is 24.2 Å². The van der Waals surface area contributed by atoms with Crippen molar-refractivity contribution in [3.63, 3.8) is 0 Å². The predicted octanol–water partition coefficient (Wildman–Crippen LogP) is 1.66. The van der Waals surface area contributed by atoms with Crippen molar-refractivity contribution in [1.82, 2.24) is 5.32 Å². The molecule has 0 unspecified atom stereocenters. The minimum absolute atomic E-state index is 0.0334. The normalized spacial score (nSPS) is 13.4. The highest BCUT2D eigenvalue weighted by Gasteiger charge is 2.24. The van der Waals surface area contributed by atoms with Crippen LogP contribution in [-0.2, 0) is 25.5 Å². The number of hydrogen-bond acceptors (Lipinski definition) is 6. The number of esters is 2. The van der Waals surface area contributed by atoms with Crippen LogP contribution in [0.15, 0.2) is 18.2 Å². The fraction of sp³-hybridized carbons (Fsp3) is 0.500. The van der Waals surface area contributed by atoms with E-state index in [4.69, 9.17) is 9.47 Å². The molecule has 0 fully saturated rings. The molecule has 7 nitrogen and oxygen atoms in total. The molecule has 0 saturated carbocycles. The van der Waals surface area contributed by atoms with Crippen LogP contribution in [0.4, 0.5) is 5.69 Å². The van der Waals surface area contributed by atoms with E-state index in [0.29, 0.717) is 5.56 Å². The first-order valence-electron chi connectivity index (χ1n) is 8.55. The first-order valence-corrected chi connectivity index (χ1v) is 8.55. The monoisotopic (exact) mass is 348 g/mol. The van der Waals surface area contributed by atoms with Crippen molar-refractivity contribution in [2.45, 2.75) is 39.2 Å². The third-order valence-corrected chi connectivity index (χ3v) is 3.90. The molecule has 1 aliphatic rings. The van der Waals surface area contributed by atoms with E-state index in [9.17, 15) is 14.4 Å². The van der Waals surface area contributed by atoms with Crippen LogP contribution in [0.5, 0.6) is 0 Å². The topological polar surface area (TPSA) is 93.7 Å². The SMILES string of the molecule is CCOC(=O)CC[C@@H](NC(=O)c1ccc2c(c1)CCN2)C(=O)OCC. The van der Waals surface area contributed by atoms with Crippen LogP contribution in [0.3, 0.4) is 0 Å². The summed E-state index contributed by atoms with van der Waals surface area (Å²) in [6.45, 7) is 4.74. The minimum Gasteiger partial charge on any atom is -0.466 e. The lowest BCUT2D eigenvalue weighted by molar-refractivity contribution is -0.146. The van der Waals surface area contributed by atoms with Gasteiger partial charge < -0.3 is 20.1 Å². The minimum atomic E-state index is -0.886. The summed E-state index contributed by atoms with van der Waals surface area (Å²) in [4.78, 5) is 36.1. The highest BCUT2D eigenvalue weighted by atomic mass is 16.5. The zero-order valence-electron chi connectivity index (χ0n) is 14.6. The molecule has 1 aliphatic heterocycles. The number of nitrogens with one attached hydrogen (secondary N) is 2. The van der Waals surface area contributed by atoms with Crippen molar-refractivity contribution in [1.29, 1.82) is 0 Å². The second-order valence-corrected chi connectivity index (χ2v) is 5.67. The van der Waals surface area contributed by atoms with Crippen molar-refractivity contribution in [3.05, 3.63) is 29.3 Å². The summed E-state index contributed by atoms with van der Waals surface area (Å²) in [5.74, 6) is -1.32. The predicted molar refractivity (Wildman–Crippen MR) is 92.4 cm³/mol. The average molecular weight is 348 g/mol. The van der Waals surface area contributed by atoms with Crippen LogP contribution in [0.25, 0.3) is 0 Å². The van der Waals surface area contributed by atoms with Crippen LogP contribution in [-0.4, -0.2) is 43.6 Å². The van der Waals surface area contributed by atoms with Gasteiger partial charge >= 0.3 is 11.9 Å². The molecule has 0 aliphatic carbocycles. The molecule has 1 heterocycles. The first kappa shape index (κ1) is 18.8. The Hall–Kier alpha value is -2.57. The molecule has 2 N–H and O–H groups in total. The highest BCUT2D eigenvalue weighted by molar-refractivity contribution is 5.97. The molecule has 0 bridgehead atoms. The van der Waals surface area contributed by atoms with Crippen molar-refractivity contribution < 1.29 is 23.9 Å². The van der Waals surface area contributed by atoms with Crippen molar-refractivity contribution >= 4 is 23.5 Å². The molecule has 7 heteroatoms. The van der Waals surface area contributed by atoms with E-state index in [1.54, 1.807) is 19.9 Å². The van der Waals surface area contributed by atoms with Gasteiger partial charge in [-0.25, -0.2) is 4.79 Å². The van der Waals surface area contributed by atoms with Crippen molar-refractivity contribution in [2.24, 2.45) is 0 Å². The fourth-order valence-electron chi connectivity index (χ4n) is 2.67. The largest absolute Gasteiger partial charge is 0.466 e. The van der Waals surface area contributed by atoms with Gasteiger partial charge in [-0.2, -0.15) is 0 Å². The Bertz CT molecular complexity index is 644. The average Bonchev–Trinajstić information content (AvgIpc) is 3.06. The highest BCUT2D eigenvalue weighted by Crippen LogP contribution is 2.23. The van der Waals surface area contributed by atoms with E-state index in [-0.39, 0.29) is 32.0 Å². The molecular weight excluding hydrogens is 324 g/mol. The summed E-state index contributed by atoms with van der Waals surface area (Å²) in [6, 6.07) is 4.50. The summed E-state index contributed by atoms with van der Waals surface area (Å²) < 4.78 is 9.85. The second kappa shape index (κ2) is 9.05. The standard InChI is InChI=1S/C18H24N2O5/c1-3-24-16(21)8-7-15(18(23)25-4-2)20-17(22)13-5-6-14-12(11-13)9-10-19-14/h5-6,11,15,19H,3-4,7-10H2,1-2H3,(H,20,22)/t15-/m1/s1. The van der Waals surface area contributed by atoms with E-state index in [1.165, 1.54) is 0 Å². The molecule has 0 saturated heterocycles. The van der Waals surface area contributed by atoms with Crippen LogP contribution in [0.2, 0.25) is 0 Å². The maximum absolute atomic E-state index is 12.5.